The van der Waals surface area contributed by atoms with Gasteiger partial charge in [0.1, 0.15) is 0 Å². The predicted octanol–water partition coefficient (Wildman–Crippen LogP) is 3.37. The van der Waals surface area contributed by atoms with E-state index in [-0.39, 0.29) is 0 Å². The highest BCUT2D eigenvalue weighted by Gasteiger charge is 2.14. The van der Waals surface area contributed by atoms with E-state index < -0.39 is 0 Å². The van der Waals surface area contributed by atoms with Gasteiger partial charge in [-0.15, -0.1) is 23.5 Å². The molecular formula is C8H16S2. The van der Waals surface area contributed by atoms with E-state index in [0.717, 1.165) is 4.58 Å². The van der Waals surface area contributed by atoms with Gasteiger partial charge in [-0.05, 0) is 30.8 Å². The summed E-state index contributed by atoms with van der Waals surface area (Å²) < 4.78 is 0.951. The fraction of sp³-hybridized carbons (Fsp3) is 1.00. The molecule has 0 bridgehead atoms. The molecular weight excluding hydrogens is 160 g/mol. The lowest BCUT2D eigenvalue weighted by Crippen LogP contribution is -1.90. The molecule has 1 atom stereocenters. The second-order valence-corrected chi connectivity index (χ2v) is 5.59. The molecule has 1 saturated heterocycles. The Hall–Kier alpha value is 0.700. The summed E-state index contributed by atoms with van der Waals surface area (Å²) in [7, 11) is 0. The van der Waals surface area contributed by atoms with Crippen LogP contribution in [0.2, 0.25) is 0 Å². The van der Waals surface area contributed by atoms with Crippen LogP contribution in [0.3, 0.4) is 0 Å². The zero-order chi connectivity index (χ0) is 7.23. The first kappa shape index (κ1) is 8.79. The van der Waals surface area contributed by atoms with Crippen LogP contribution in [0.25, 0.3) is 0 Å². The van der Waals surface area contributed by atoms with Crippen LogP contribution in [0.5, 0.6) is 0 Å². The van der Waals surface area contributed by atoms with E-state index in [2.05, 4.69) is 30.4 Å². The van der Waals surface area contributed by atoms with Crippen LogP contribution in [0.4, 0.5) is 0 Å². The topological polar surface area (TPSA) is 0 Å². The molecule has 1 fully saturated rings. The molecule has 0 radical (unpaired) electrons. The van der Waals surface area contributed by atoms with Crippen molar-refractivity contribution in [2.75, 3.05) is 11.5 Å². The molecule has 0 aromatic heterocycles. The fourth-order valence-corrected chi connectivity index (χ4v) is 3.98. The van der Waals surface area contributed by atoms with Gasteiger partial charge in [-0.3, -0.25) is 0 Å². The molecule has 10 heavy (non-hydrogen) atoms. The number of thioether (sulfide) groups is 2. The maximum Gasteiger partial charge on any atom is 0.0502 e. The number of unbranched alkanes of at least 4 members (excludes halogenated alkanes) is 1. The van der Waals surface area contributed by atoms with E-state index in [1.165, 1.54) is 37.2 Å². The van der Waals surface area contributed by atoms with Crippen molar-refractivity contribution in [2.24, 2.45) is 0 Å². The molecule has 1 rings (SSSR count). The Morgan fingerprint density at radius 3 is 3.10 bits per heavy atom. The third-order valence-electron chi connectivity index (χ3n) is 1.69. The number of hydrogen-bond acceptors (Lipinski definition) is 2. The summed E-state index contributed by atoms with van der Waals surface area (Å²) >= 11 is 4.33. The summed E-state index contributed by atoms with van der Waals surface area (Å²) in [6, 6.07) is 0. The van der Waals surface area contributed by atoms with Crippen molar-refractivity contribution in [3.8, 4) is 0 Å². The molecule has 60 valence electrons. The van der Waals surface area contributed by atoms with Crippen LogP contribution in [0.15, 0.2) is 0 Å². The minimum absolute atomic E-state index is 0.951. The highest BCUT2D eigenvalue weighted by molar-refractivity contribution is 8.17. The van der Waals surface area contributed by atoms with E-state index in [4.69, 9.17) is 0 Å². The van der Waals surface area contributed by atoms with Crippen molar-refractivity contribution in [3.63, 3.8) is 0 Å². The first-order chi connectivity index (χ1) is 4.93. The van der Waals surface area contributed by atoms with Gasteiger partial charge in [0.05, 0.1) is 4.58 Å². The Labute approximate surface area is 72.5 Å². The molecule has 0 aromatic rings. The first-order valence-corrected chi connectivity index (χ1v) is 6.26. The van der Waals surface area contributed by atoms with E-state index in [9.17, 15) is 0 Å². The summed E-state index contributed by atoms with van der Waals surface area (Å²) in [6.07, 6.45) is 5.67. The largest absolute Gasteiger partial charge is 0.148 e. The monoisotopic (exact) mass is 176 g/mol. The molecule has 0 saturated carbocycles. The maximum atomic E-state index is 2.27. The van der Waals surface area contributed by atoms with Gasteiger partial charge in [-0.25, -0.2) is 0 Å². The fourth-order valence-electron chi connectivity index (χ4n) is 1.04. The highest BCUT2D eigenvalue weighted by atomic mass is 32.2. The third kappa shape index (κ3) is 3.20. The van der Waals surface area contributed by atoms with Gasteiger partial charge in [-0.2, -0.15) is 0 Å². The van der Waals surface area contributed by atoms with Gasteiger partial charge in [-0.1, -0.05) is 13.3 Å². The number of hydrogen-bond donors (Lipinski definition) is 0. The third-order valence-corrected chi connectivity index (χ3v) is 4.77. The Morgan fingerprint density at radius 1 is 1.60 bits per heavy atom. The van der Waals surface area contributed by atoms with Crippen molar-refractivity contribution >= 4 is 23.5 Å². The molecule has 1 heterocycles. The average Bonchev–Trinajstić information content (AvgIpc) is 2.41. The molecule has 0 amide bonds. The smallest absolute Gasteiger partial charge is 0.0502 e. The van der Waals surface area contributed by atoms with E-state index in [1.807, 2.05) is 0 Å². The molecule has 1 aliphatic rings. The molecule has 0 aromatic carbocycles. The van der Waals surface area contributed by atoms with Crippen molar-refractivity contribution in [3.05, 3.63) is 0 Å². The Balaban J connectivity index is 1.91. The van der Waals surface area contributed by atoms with Gasteiger partial charge >= 0.3 is 0 Å². The molecule has 0 N–H and O–H groups in total. The maximum absolute atomic E-state index is 2.27. The van der Waals surface area contributed by atoms with Crippen LogP contribution in [0.1, 0.15) is 32.6 Å². The molecule has 2 heteroatoms. The second kappa shape index (κ2) is 5.36. The lowest BCUT2D eigenvalue weighted by atomic mass is 10.4. The van der Waals surface area contributed by atoms with Crippen LogP contribution in [0, 0.1) is 0 Å². The zero-order valence-electron chi connectivity index (χ0n) is 6.64. The molecule has 0 spiro atoms. The summed E-state index contributed by atoms with van der Waals surface area (Å²) in [6.45, 7) is 2.27. The normalized spacial score (nSPS) is 25.5. The second-order valence-electron chi connectivity index (χ2n) is 2.67. The van der Waals surface area contributed by atoms with Gasteiger partial charge in [0.15, 0.2) is 0 Å². The minimum Gasteiger partial charge on any atom is -0.148 e. The molecule has 0 nitrogen and oxygen atoms in total. The zero-order valence-corrected chi connectivity index (χ0v) is 8.27. The quantitative estimate of drug-likeness (QED) is 0.602. The predicted molar refractivity (Wildman–Crippen MR) is 52.8 cm³/mol. The summed E-state index contributed by atoms with van der Waals surface area (Å²) in [4.78, 5) is 0. The summed E-state index contributed by atoms with van der Waals surface area (Å²) in [5.41, 5.74) is 0. The lowest BCUT2D eigenvalue weighted by Gasteiger charge is -2.05. The number of rotatable bonds is 4. The Kier molecular flexibility index (Phi) is 4.72. The van der Waals surface area contributed by atoms with Crippen molar-refractivity contribution in [2.45, 2.75) is 37.2 Å². The summed E-state index contributed by atoms with van der Waals surface area (Å²) in [5, 5.41) is 0. The van der Waals surface area contributed by atoms with Gasteiger partial charge in [0, 0.05) is 0 Å². The summed E-state index contributed by atoms with van der Waals surface area (Å²) in [5.74, 6) is 2.79. The minimum atomic E-state index is 0.951. The van der Waals surface area contributed by atoms with Crippen LogP contribution in [-0.2, 0) is 0 Å². The van der Waals surface area contributed by atoms with Crippen molar-refractivity contribution in [1.82, 2.24) is 0 Å². The highest BCUT2D eigenvalue weighted by Crippen LogP contribution is 2.34. The van der Waals surface area contributed by atoms with E-state index in [0.29, 0.717) is 0 Å². The molecule has 0 aliphatic carbocycles. The van der Waals surface area contributed by atoms with Crippen LogP contribution >= 0.6 is 23.5 Å². The molecule has 1 aliphatic heterocycles. The van der Waals surface area contributed by atoms with Gasteiger partial charge in [0.2, 0.25) is 0 Å². The van der Waals surface area contributed by atoms with Gasteiger partial charge in [0.25, 0.3) is 0 Å². The standard InChI is InChI=1S/C8H16S2/c1-2-3-6-9-8-5-4-7-10-8/h8H,2-7H2,1H3. The van der Waals surface area contributed by atoms with Crippen LogP contribution < -0.4 is 0 Å². The van der Waals surface area contributed by atoms with Crippen molar-refractivity contribution < 1.29 is 0 Å². The van der Waals surface area contributed by atoms with E-state index in [1.54, 1.807) is 0 Å². The van der Waals surface area contributed by atoms with Crippen molar-refractivity contribution in [1.29, 1.82) is 0 Å². The Morgan fingerprint density at radius 2 is 2.50 bits per heavy atom. The molecule has 1 unspecified atom stereocenters. The first-order valence-electron chi connectivity index (χ1n) is 4.16. The lowest BCUT2D eigenvalue weighted by molar-refractivity contribution is 0.887. The average molecular weight is 176 g/mol. The Bertz CT molecular complexity index is 77.3. The van der Waals surface area contributed by atoms with Crippen LogP contribution in [-0.4, -0.2) is 16.1 Å². The van der Waals surface area contributed by atoms with E-state index >= 15 is 0 Å². The van der Waals surface area contributed by atoms with Gasteiger partial charge < -0.3 is 0 Å². The SMILES string of the molecule is CCCCSC1CCCS1.